The first kappa shape index (κ1) is 17.0. The molecule has 1 aliphatic heterocycles. The van der Waals surface area contributed by atoms with Crippen molar-refractivity contribution >= 4 is 28.4 Å². The van der Waals surface area contributed by atoms with Crippen LogP contribution in [0.15, 0.2) is 60.4 Å². The first-order chi connectivity index (χ1) is 13.0. The summed E-state index contributed by atoms with van der Waals surface area (Å²) in [4.78, 5) is 29.8. The molecule has 0 radical (unpaired) electrons. The summed E-state index contributed by atoms with van der Waals surface area (Å²) in [7, 11) is 0. The number of benzene rings is 2. The van der Waals surface area contributed by atoms with Gasteiger partial charge in [0.05, 0.1) is 16.8 Å². The van der Waals surface area contributed by atoms with Gasteiger partial charge in [-0.1, -0.05) is 42.5 Å². The van der Waals surface area contributed by atoms with Crippen LogP contribution in [0, 0.1) is 0 Å². The Bertz CT molecular complexity index is 1080. The fraction of sp³-hybridized carbons (Fsp3) is 0.190. The number of fused-ring (bicyclic) bond motifs is 3. The Labute approximate surface area is 156 Å². The fourth-order valence-corrected chi connectivity index (χ4v) is 3.79. The number of aliphatic hydroxyl groups excluding tert-OH is 1. The molecule has 1 aromatic heterocycles. The Morgan fingerprint density at radius 3 is 2.41 bits per heavy atom. The van der Waals surface area contributed by atoms with Gasteiger partial charge in [0, 0.05) is 18.4 Å². The van der Waals surface area contributed by atoms with Crippen LogP contribution >= 0.6 is 0 Å². The molecule has 2 N–H and O–H groups in total. The van der Waals surface area contributed by atoms with Crippen molar-refractivity contribution in [1.82, 2.24) is 14.9 Å². The smallest absolute Gasteiger partial charge is 0.256 e. The minimum absolute atomic E-state index is 0.0725. The highest BCUT2D eigenvalue weighted by Gasteiger charge is 2.43. The maximum atomic E-state index is 13.4. The molecule has 0 fully saturated rings. The Balaban J connectivity index is 2.04. The molecule has 4 rings (SSSR count). The molecule has 0 saturated heterocycles. The first-order valence-corrected chi connectivity index (χ1v) is 8.73. The summed E-state index contributed by atoms with van der Waals surface area (Å²) in [5, 5.41) is 13.3. The van der Waals surface area contributed by atoms with Gasteiger partial charge in [-0.3, -0.25) is 14.2 Å². The van der Waals surface area contributed by atoms with Crippen LogP contribution in [0.25, 0.3) is 16.6 Å². The topological polar surface area (TPSA) is 84.2 Å². The zero-order chi connectivity index (χ0) is 19.1. The van der Waals surface area contributed by atoms with Crippen molar-refractivity contribution in [3.8, 4) is 0 Å². The monoisotopic (exact) mass is 361 g/mol. The van der Waals surface area contributed by atoms with Gasteiger partial charge < -0.3 is 10.4 Å². The van der Waals surface area contributed by atoms with E-state index in [1.54, 1.807) is 6.92 Å². The van der Waals surface area contributed by atoms with E-state index in [1.807, 2.05) is 54.6 Å². The van der Waals surface area contributed by atoms with Gasteiger partial charge in [0.25, 0.3) is 5.91 Å². The number of aliphatic hydroxyl groups is 1. The summed E-state index contributed by atoms with van der Waals surface area (Å²) in [5.41, 5.74) is 2.68. The Morgan fingerprint density at radius 2 is 1.74 bits per heavy atom. The molecule has 1 amide bonds. The third-order valence-electron chi connectivity index (χ3n) is 4.84. The summed E-state index contributed by atoms with van der Waals surface area (Å²) in [6.07, 6.45) is 0. The number of para-hydroxylation sites is 2. The standard InChI is InChI=1S/C21H19N3O3/c1-12(25)17-18(14-8-4-3-5-9-14)19(22-13(2)26)21(27)24-16-11-7-6-10-15(16)23-20(17)24/h3-11,18-19,25H,1-2H3,(H,22,26)/b17-12-. The lowest BCUT2D eigenvalue weighted by Crippen LogP contribution is -2.50. The molecule has 2 heterocycles. The van der Waals surface area contributed by atoms with E-state index < -0.39 is 12.0 Å². The highest BCUT2D eigenvalue weighted by molar-refractivity contribution is 6.03. The molecule has 2 aromatic carbocycles. The van der Waals surface area contributed by atoms with Crippen molar-refractivity contribution in [3.63, 3.8) is 0 Å². The van der Waals surface area contributed by atoms with E-state index in [1.165, 1.54) is 11.5 Å². The van der Waals surface area contributed by atoms with E-state index in [0.29, 0.717) is 22.4 Å². The van der Waals surface area contributed by atoms with Crippen LogP contribution in [0.3, 0.4) is 0 Å². The molecule has 0 bridgehead atoms. The number of nitrogens with one attached hydrogen (secondary N) is 1. The van der Waals surface area contributed by atoms with E-state index in [4.69, 9.17) is 0 Å². The van der Waals surface area contributed by atoms with Crippen molar-refractivity contribution in [2.24, 2.45) is 0 Å². The zero-order valence-corrected chi connectivity index (χ0v) is 15.0. The van der Waals surface area contributed by atoms with Crippen LogP contribution < -0.4 is 5.32 Å². The summed E-state index contributed by atoms with van der Waals surface area (Å²) < 4.78 is 1.49. The van der Waals surface area contributed by atoms with Crippen LogP contribution in [0.4, 0.5) is 0 Å². The highest BCUT2D eigenvalue weighted by Crippen LogP contribution is 2.41. The molecule has 1 aliphatic rings. The summed E-state index contributed by atoms with van der Waals surface area (Å²) in [6.45, 7) is 2.96. The van der Waals surface area contributed by atoms with Crippen LogP contribution in [-0.2, 0) is 4.79 Å². The lowest BCUT2D eigenvalue weighted by Gasteiger charge is -2.34. The number of carbonyl (C=O) groups excluding carboxylic acids is 2. The van der Waals surface area contributed by atoms with Crippen LogP contribution in [0.2, 0.25) is 0 Å². The quantitative estimate of drug-likeness (QED) is 0.686. The number of amides is 1. The number of hydrogen-bond acceptors (Lipinski definition) is 4. The number of hydrogen-bond donors (Lipinski definition) is 2. The van der Waals surface area contributed by atoms with Crippen LogP contribution in [0.1, 0.15) is 35.9 Å². The predicted octanol–water partition coefficient (Wildman–Crippen LogP) is 3.27. The number of carbonyl (C=O) groups is 2. The van der Waals surface area contributed by atoms with Crippen LogP contribution in [0.5, 0.6) is 0 Å². The second-order valence-electron chi connectivity index (χ2n) is 6.66. The molecule has 2 unspecified atom stereocenters. The minimum atomic E-state index is -0.841. The highest BCUT2D eigenvalue weighted by atomic mass is 16.3. The molecule has 2 atom stereocenters. The van der Waals surface area contributed by atoms with Gasteiger partial charge in [-0.05, 0) is 24.6 Å². The van der Waals surface area contributed by atoms with Gasteiger partial charge in [-0.25, -0.2) is 4.98 Å². The summed E-state index contributed by atoms with van der Waals surface area (Å²) in [6, 6.07) is 15.8. The summed E-state index contributed by atoms with van der Waals surface area (Å²) >= 11 is 0. The normalized spacial score (nSPS) is 21.0. The first-order valence-electron chi connectivity index (χ1n) is 8.73. The van der Waals surface area contributed by atoms with Gasteiger partial charge in [0.1, 0.15) is 11.9 Å². The van der Waals surface area contributed by atoms with E-state index in [-0.39, 0.29) is 17.6 Å². The lowest BCUT2D eigenvalue weighted by molar-refractivity contribution is -0.119. The number of allylic oxidation sites excluding steroid dienone is 1. The van der Waals surface area contributed by atoms with Crippen molar-refractivity contribution in [3.05, 3.63) is 71.7 Å². The van der Waals surface area contributed by atoms with E-state index in [2.05, 4.69) is 10.3 Å². The molecule has 27 heavy (non-hydrogen) atoms. The van der Waals surface area contributed by atoms with Gasteiger partial charge in [-0.15, -0.1) is 0 Å². The largest absolute Gasteiger partial charge is 0.512 e. The SMILES string of the molecule is CC(=O)NC1C(=O)n2c(nc3ccccc32)/C(=C(/C)O)C1c1ccccc1. The number of aromatic nitrogens is 2. The molecule has 6 heteroatoms. The zero-order valence-electron chi connectivity index (χ0n) is 15.0. The second kappa shape index (κ2) is 6.39. The molecule has 6 nitrogen and oxygen atoms in total. The number of rotatable bonds is 2. The van der Waals surface area contributed by atoms with Crippen molar-refractivity contribution in [2.45, 2.75) is 25.8 Å². The van der Waals surface area contributed by atoms with Gasteiger partial charge in [0.15, 0.2) is 0 Å². The fourth-order valence-electron chi connectivity index (χ4n) is 3.79. The lowest BCUT2D eigenvalue weighted by atomic mass is 9.80. The Kier molecular flexibility index (Phi) is 4.03. The molecule has 0 saturated carbocycles. The third kappa shape index (κ3) is 2.70. The molecular formula is C21H19N3O3. The van der Waals surface area contributed by atoms with Gasteiger partial charge in [-0.2, -0.15) is 0 Å². The van der Waals surface area contributed by atoms with Crippen molar-refractivity contribution < 1.29 is 14.7 Å². The van der Waals surface area contributed by atoms with Gasteiger partial charge in [0.2, 0.25) is 5.91 Å². The average molecular weight is 361 g/mol. The third-order valence-corrected chi connectivity index (χ3v) is 4.84. The molecule has 0 aliphatic carbocycles. The Hall–Kier alpha value is -3.41. The average Bonchev–Trinajstić information content (AvgIpc) is 3.03. The van der Waals surface area contributed by atoms with Gasteiger partial charge >= 0.3 is 0 Å². The molecule has 0 spiro atoms. The van der Waals surface area contributed by atoms with E-state index >= 15 is 0 Å². The molecule has 136 valence electrons. The van der Waals surface area contributed by atoms with E-state index in [0.717, 1.165) is 5.56 Å². The number of imidazole rings is 1. The van der Waals surface area contributed by atoms with Crippen LogP contribution in [-0.4, -0.2) is 32.5 Å². The minimum Gasteiger partial charge on any atom is -0.512 e. The second-order valence-corrected chi connectivity index (χ2v) is 6.66. The predicted molar refractivity (Wildman–Crippen MR) is 102 cm³/mol. The molecular weight excluding hydrogens is 342 g/mol. The number of nitrogens with zero attached hydrogens (tertiary/aromatic N) is 2. The van der Waals surface area contributed by atoms with E-state index in [9.17, 15) is 14.7 Å². The summed E-state index contributed by atoms with van der Waals surface area (Å²) in [5.74, 6) is -0.623. The molecule has 3 aromatic rings. The van der Waals surface area contributed by atoms with Crippen molar-refractivity contribution in [1.29, 1.82) is 0 Å². The Morgan fingerprint density at radius 1 is 1.07 bits per heavy atom. The van der Waals surface area contributed by atoms with Crippen molar-refractivity contribution in [2.75, 3.05) is 0 Å². The maximum Gasteiger partial charge on any atom is 0.256 e. The maximum absolute atomic E-state index is 13.4.